The van der Waals surface area contributed by atoms with Crippen LogP contribution in [0.4, 0.5) is 0 Å². The first-order chi connectivity index (χ1) is 6.18. The van der Waals surface area contributed by atoms with E-state index in [1.165, 1.54) is 19.3 Å². The Balaban J connectivity index is 3.57. The van der Waals surface area contributed by atoms with Gasteiger partial charge in [-0.05, 0) is 32.7 Å². The Hall–Kier alpha value is 0.250. The fourth-order valence-corrected chi connectivity index (χ4v) is 1.78. The van der Waals surface area contributed by atoms with Gasteiger partial charge in [0.25, 0.3) is 0 Å². The molecule has 0 radical (unpaired) electrons. The van der Waals surface area contributed by atoms with Gasteiger partial charge in [0.05, 0.1) is 0 Å². The lowest BCUT2D eigenvalue weighted by molar-refractivity contribution is 0.330. The summed E-state index contributed by atoms with van der Waals surface area (Å²) in [6.45, 7) is 7.85. The zero-order valence-electron chi connectivity index (χ0n) is 9.33. The highest BCUT2D eigenvalue weighted by atomic mass is 35.5. The van der Waals surface area contributed by atoms with Crippen molar-refractivity contribution in [3.8, 4) is 0 Å². The van der Waals surface area contributed by atoms with Crippen molar-refractivity contribution in [3.05, 3.63) is 0 Å². The first-order valence-corrected chi connectivity index (χ1v) is 6.03. The number of halogens is 1. The van der Waals surface area contributed by atoms with Crippen LogP contribution in [0, 0.1) is 0 Å². The van der Waals surface area contributed by atoms with Gasteiger partial charge in [-0.1, -0.05) is 26.7 Å². The van der Waals surface area contributed by atoms with Crippen molar-refractivity contribution in [1.82, 2.24) is 5.32 Å². The summed E-state index contributed by atoms with van der Waals surface area (Å²) in [5, 5.41) is 3.60. The number of rotatable bonds is 8. The summed E-state index contributed by atoms with van der Waals surface area (Å²) >= 11 is 5.76. The molecule has 0 saturated heterocycles. The van der Waals surface area contributed by atoms with E-state index in [2.05, 4.69) is 26.1 Å². The molecule has 0 heterocycles. The monoisotopic (exact) mass is 205 g/mol. The third-order valence-electron chi connectivity index (χ3n) is 2.76. The van der Waals surface area contributed by atoms with Crippen LogP contribution in [0.25, 0.3) is 0 Å². The Bertz CT molecular complexity index is 117. The molecule has 1 N–H and O–H groups in total. The average Bonchev–Trinajstić information content (AvgIpc) is 2.13. The Labute approximate surface area is 88.2 Å². The van der Waals surface area contributed by atoms with Crippen LogP contribution in [-0.2, 0) is 0 Å². The number of unbranched alkanes of at least 4 members (excludes halogenated alkanes) is 2. The van der Waals surface area contributed by atoms with Crippen LogP contribution in [0.5, 0.6) is 0 Å². The van der Waals surface area contributed by atoms with Gasteiger partial charge in [-0.25, -0.2) is 0 Å². The summed E-state index contributed by atoms with van der Waals surface area (Å²) in [7, 11) is 0. The van der Waals surface area contributed by atoms with Crippen LogP contribution in [0.15, 0.2) is 0 Å². The van der Waals surface area contributed by atoms with E-state index in [1.54, 1.807) is 0 Å². The highest BCUT2D eigenvalue weighted by molar-refractivity contribution is 6.17. The third-order valence-corrected chi connectivity index (χ3v) is 2.95. The number of alkyl halides is 1. The maximum Gasteiger partial charge on any atom is 0.0240 e. The molecule has 0 fully saturated rings. The zero-order chi connectivity index (χ0) is 10.2. The molecule has 0 saturated carbocycles. The second kappa shape index (κ2) is 7.64. The Morgan fingerprint density at radius 2 is 1.92 bits per heavy atom. The topological polar surface area (TPSA) is 12.0 Å². The molecule has 2 heteroatoms. The van der Waals surface area contributed by atoms with Crippen molar-refractivity contribution in [2.24, 2.45) is 0 Å². The van der Waals surface area contributed by atoms with Gasteiger partial charge in [-0.3, -0.25) is 0 Å². The second-order valence-corrected chi connectivity index (χ2v) is 4.37. The predicted octanol–water partition coefficient (Wildman–Crippen LogP) is 3.56. The van der Waals surface area contributed by atoms with Crippen molar-refractivity contribution >= 4 is 11.6 Å². The van der Waals surface area contributed by atoms with Crippen LogP contribution in [0.2, 0.25) is 0 Å². The summed E-state index contributed by atoms with van der Waals surface area (Å²) in [6, 6.07) is 0. The molecule has 80 valence electrons. The maximum atomic E-state index is 5.76. The fraction of sp³-hybridized carbons (Fsp3) is 1.00. The van der Waals surface area contributed by atoms with Crippen LogP contribution in [0.1, 0.15) is 52.9 Å². The van der Waals surface area contributed by atoms with E-state index in [4.69, 9.17) is 11.6 Å². The van der Waals surface area contributed by atoms with Crippen molar-refractivity contribution in [2.45, 2.75) is 58.4 Å². The van der Waals surface area contributed by atoms with Crippen molar-refractivity contribution in [3.63, 3.8) is 0 Å². The van der Waals surface area contributed by atoms with Crippen LogP contribution < -0.4 is 5.32 Å². The molecule has 0 bridgehead atoms. The molecule has 0 spiro atoms. The predicted molar refractivity (Wildman–Crippen MR) is 61.6 cm³/mol. The first kappa shape index (κ1) is 13.2. The first-order valence-electron chi connectivity index (χ1n) is 5.49. The van der Waals surface area contributed by atoms with Gasteiger partial charge in [-0.2, -0.15) is 0 Å². The number of hydrogen-bond acceptors (Lipinski definition) is 1. The summed E-state index contributed by atoms with van der Waals surface area (Å²) in [5.74, 6) is 0.755. The van der Waals surface area contributed by atoms with Gasteiger partial charge in [0.15, 0.2) is 0 Å². The lowest BCUT2D eigenvalue weighted by atomic mass is 9.95. The van der Waals surface area contributed by atoms with Gasteiger partial charge in [0.2, 0.25) is 0 Å². The highest BCUT2D eigenvalue weighted by Crippen LogP contribution is 2.15. The van der Waals surface area contributed by atoms with E-state index >= 15 is 0 Å². The van der Waals surface area contributed by atoms with E-state index in [1.807, 2.05) is 0 Å². The van der Waals surface area contributed by atoms with Gasteiger partial charge < -0.3 is 5.32 Å². The second-order valence-electron chi connectivity index (χ2n) is 3.99. The largest absolute Gasteiger partial charge is 0.311 e. The lowest BCUT2D eigenvalue weighted by Crippen LogP contribution is -2.42. The molecule has 1 nitrogen and oxygen atoms in total. The molecule has 0 aliphatic rings. The Morgan fingerprint density at radius 3 is 2.38 bits per heavy atom. The fourth-order valence-electron chi connectivity index (χ4n) is 1.36. The third kappa shape index (κ3) is 6.34. The summed E-state index contributed by atoms with van der Waals surface area (Å²) in [6.07, 6.45) is 6.13. The highest BCUT2D eigenvalue weighted by Gasteiger charge is 2.19. The minimum absolute atomic E-state index is 0.259. The normalized spacial score (nSPS) is 15.7. The lowest BCUT2D eigenvalue weighted by Gasteiger charge is -2.29. The smallest absolute Gasteiger partial charge is 0.0240 e. The molecule has 1 atom stereocenters. The zero-order valence-corrected chi connectivity index (χ0v) is 10.1. The molecule has 13 heavy (non-hydrogen) atoms. The molecular weight excluding hydrogens is 182 g/mol. The minimum atomic E-state index is 0.259. The quantitative estimate of drug-likeness (QED) is 0.472. The summed E-state index contributed by atoms with van der Waals surface area (Å²) in [4.78, 5) is 0. The summed E-state index contributed by atoms with van der Waals surface area (Å²) in [5.41, 5.74) is 0.259. The maximum absolute atomic E-state index is 5.76. The van der Waals surface area contributed by atoms with Crippen LogP contribution in [0.3, 0.4) is 0 Å². The van der Waals surface area contributed by atoms with Gasteiger partial charge in [-0.15, -0.1) is 11.6 Å². The minimum Gasteiger partial charge on any atom is -0.311 e. The number of nitrogens with one attached hydrogen (secondary N) is 1. The van der Waals surface area contributed by atoms with Gasteiger partial charge >= 0.3 is 0 Å². The molecule has 0 aliphatic carbocycles. The van der Waals surface area contributed by atoms with Crippen LogP contribution >= 0.6 is 11.6 Å². The van der Waals surface area contributed by atoms with E-state index in [0.29, 0.717) is 0 Å². The van der Waals surface area contributed by atoms with Crippen molar-refractivity contribution in [2.75, 3.05) is 12.4 Å². The van der Waals surface area contributed by atoms with E-state index in [9.17, 15) is 0 Å². The molecule has 0 aromatic carbocycles. The molecule has 1 unspecified atom stereocenters. The molecular formula is C11H24ClN. The SMILES string of the molecule is CCCCCNC(C)(CC)CCCl. The van der Waals surface area contributed by atoms with Gasteiger partial charge in [0.1, 0.15) is 0 Å². The van der Waals surface area contributed by atoms with Crippen molar-refractivity contribution < 1.29 is 0 Å². The van der Waals surface area contributed by atoms with E-state index in [-0.39, 0.29) is 5.54 Å². The van der Waals surface area contributed by atoms with Crippen molar-refractivity contribution in [1.29, 1.82) is 0 Å². The molecule has 0 aromatic heterocycles. The molecule has 0 rings (SSSR count). The molecule has 0 amide bonds. The standard InChI is InChI=1S/C11H24ClN/c1-4-6-7-10-13-11(3,5-2)8-9-12/h13H,4-10H2,1-3H3. The average molecular weight is 206 g/mol. The Morgan fingerprint density at radius 1 is 1.23 bits per heavy atom. The Kier molecular flexibility index (Phi) is 7.78. The molecule has 0 aromatic rings. The van der Waals surface area contributed by atoms with E-state index < -0.39 is 0 Å². The number of hydrogen-bond donors (Lipinski definition) is 1. The van der Waals surface area contributed by atoms with Crippen LogP contribution in [-0.4, -0.2) is 18.0 Å². The molecule has 0 aliphatic heterocycles. The van der Waals surface area contributed by atoms with Gasteiger partial charge in [0, 0.05) is 11.4 Å². The van der Waals surface area contributed by atoms with E-state index in [0.717, 1.165) is 25.3 Å². The summed E-state index contributed by atoms with van der Waals surface area (Å²) < 4.78 is 0.